The van der Waals surface area contributed by atoms with Crippen LogP contribution >= 0.6 is 0 Å². The van der Waals surface area contributed by atoms with Crippen molar-refractivity contribution in [3.63, 3.8) is 0 Å². The van der Waals surface area contributed by atoms with Crippen molar-refractivity contribution in [3.05, 3.63) is 23.8 Å². The number of rotatable bonds is 5. The highest BCUT2D eigenvalue weighted by atomic mass is 19.3. The summed E-state index contributed by atoms with van der Waals surface area (Å²) < 4.78 is 25.7. The highest BCUT2D eigenvalue weighted by Crippen LogP contribution is 2.31. The van der Waals surface area contributed by atoms with E-state index in [-0.39, 0.29) is 23.4 Å². The minimum absolute atomic E-state index is 0.0417. The third kappa shape index (κ3) is 3.87. The van der Waals surface area contributed by atoms with Gasteiger partial charge in [0, 0.05) is 28.9 Å². The molecule has 0 fully saturated rings. The molecule has 0 spiro atoms. The normalized spacial score (nSPS) is 11.6. The number of halogens is 2. The van der Waals surface area contributed by atoms with Crippen molar-refractivity contribution in [2.24, 2.45) is 5.73 Å². The second-order valence-electron chi connectivity index (χ2n) is 4.80. The van der Waals surface area contributed by atoms with E-state index in [0.29, 0.717) is 0 Å². The first-order valence-electron chi connectivity index (χ1n) is 5.45. The Labute approximate surface area is 104 Å². The van der Waals surface area contributed by atoms with Crippen LogP contribution in [0.15, 0.2) is 18.2 Å². The summed E-state index contributed by atoms with van der Waals surface area (Å²) in [5.41, 5.74) is 10.2. The van der Waals surface area contributed by atoms with Gasteiger partial charge in [0.25, 0.3) is 6.43 Å². The molecule has 4 nitrogen and oxygen atoms in total. The van der Waals surface area contributed by atoms with Gasteiger partial charge in [-0.3, -0.25) is 4.79 Å². The quantitative estimate of drug-likeness (QED) is 0.708. The fraction of sp³-hybridized carbons (Fsp3) is 0.417. The number of amides is 1. The van der Waals surface area contributed by atoms with E-state index in [1.807, 2.05) is 0 Å². The largest absolute Gasteiger partial charge is 0.399 e. The van der Waals surface area contributed by atoms with Crippen molar-refractivity contribution < 1.29 is 13.6 Å². The van der Waals surface area contributed by atoms with Gasteiger partial charge in [0.15, 0.2) is 0 Å². The third-order valence-electron chi connectivity index (χ3n) is 2.40. The van der Waals surface area contributed by atoms with Gasteiger partial charge in [0.05, 0.1) is 0 Å². The molecule has 5 N–H and O–H groups in total. The zero-order valence-electron chi connectivity index (χ0n) is 10.3. The van der Waals surface area contributed by atoms with Gasteiger partial charge in [-0.05, 0) is 32.0 Å². The molecule has 0 bridgehead atoms. The first kappa shape index (κ1) is 14.2. The summed E-state index contributed by atoms with van der Waals surface area (Å²) in [4.78, 5) is 10.9. The Hall–Kier alpha value is -1.85. The molecular formula is C12H17F2N3O. The SMILES string of the molecule is CC(C)(CC(N)=O)Nc1ccc(N)cc1C(F)F. The molecule has 0 saturated heterocycles. The summed E-state index contributed by atoms with van der Waals surface area (Å²) in [6.45, 7) is 3.42. The number of carbonyl (C=O) groups is 1. The Morgan fingerprint density at radius 2 is 2.06 bits per heavy atom. The summed E-state index contributed by atoms with van der Waals surface area (Å²) in [6, 6.07) is 4.21. The van der Waals surface area contributed by atoms with Gasteiger partial charge >= 0.3 is 0 Å². The lowest BCUT2D eigenvalue weighted by atomic mass is 9.99. The number of primary amides is 1. The molecule has 0 aromatic heterocycles. The summed E-state index contributed by atoms with van der Waals surface area (Å²) >= 11 is 0. The Balaban J connectivity index is 3.00. The molecule has 1 rings (SSSR count). The lowest BCUT2D eigenvalue weighted by Crippen LogP contribution is -2.36. The Kier molecular flexibility index (Phi) is 4.11. The van der Waals surface area contributed by atoms with Crippen molar-refractivity contribution >= 4 is 17.3 Å². The molecule has 1 aromatic carbocycles. The number of nitrogen functional groups attached to an aromatic ring is 1. The topological polar surface area (TPSA) is 81.1 Å². The molecule has 6 heteroatoms. The zero-order chi connectivity index (χ0) is 13.9. The lowest BCUT2D eigenvalue weighted by Gasteiger charge is -2.27. The maximum absolute atomic E-state index is 12.9. The van der Waals surface area contributed by atoms with E-state index in [2.05, 4.69) is 5.32 Å². The van der Waals surface area contributed by atoms with Crippen LogP contribution in [0.1, 0.15) is 32.3 Å². The number of nitrogens with two attached hydrogens (primary N) is 2. The first-order valence-corrected chi connectivity index (χ1v) is 5.45. The fourth-order valence-corrected chi connectivity index (χ4v) is 1.72. The second-order valence-corrected chi connectivity index (χ2v) is 4.80. The van der Waals surface area contributed by atoms with Crippen molar-refractivity contribution in [1.82, 2.24) is 0 Å². The van der Waals surface area contributed by atoms with Crippen molar-refractivity contribution in [2.75, 3.05) is 11.1 Å². The van der Waals surface area contributed by atoms with E-state index in [9.17, 15) is 13.6 Å². The van der Waals surface area contributed by atoms with E-state index in [4.69, 9.17) is 11.5 Å². The molecule has 0 aliphatic carbocycles. The number of benzene rings is 1. The molecule has 18 heavy (non-hydrogen) atoms. The van der Waals surface area contributed by atoms with Crippen molar-refractivity contribution in [1.29, 1.82) is 0 Å². The van der Waals surface area contributed by atoms with E-state index >= 15 is 0 Å². The number of carbonyl (C=O) groups excluding carboxylic acids is 1. The monoisotopic (exact) mass is 257 g/mol. The standard InChI is InChI=1S/C12H17F2N3O/c1-12(2,6-10(16)18)17-9-4-3-7(15)5-8(9)11(13)14/h3-5,11,17H,6,15H2,1-2H3,(H2,16,18). The van der Waals surface area contributed by atoms with E-state index < -0.39 is 17.9 Å². The van der Waals surface area contributed by atoms with E-state index in [1.165, 1.54) is 18.2 Å². The van der Waals surface area contributed by atoms with Crippen LogP contribution in [0.25, 0.3) is 0 Å². The molecule has 0 atom stereocenters. The van der Waals surface area contributed by atoms with Gasteiger partial charge in [-0.15, -0.1) is 0 Å². The highest BCUT2D eigenvalue weighted by Gasteiger charge is 2.23. The summed E-state index contributed by atoms with van der Waals surface area (Å²) in [7, 11) is 0. The van der Waals surface area contributed by atoms with Crippen LogP contribution in [0, 0.1) is 0 Å². The molecular weight excluding hydrogens is 240 g/mol. The first-order chi connectivity index (χ1) is 8.21. The molecule has 100 valence electrons. The number of hydrogen-bond donors (Lipinski definition) is 3. The van der Waals surface area contributed by atoms with Gasteiger partial charge in [-0.1, -0.05) is 0 Å². The van der Waals surface area contributed by atoms with Crippen LogP contribution < -0.4 is 16.8 Å². The number of alkyl halides is 2. The minimum atomic E-state index is -2.64. The summed E-state index contributed by atoms with van der Waals surface area (Å²) in [5, 5.41) is 2.89. The lowest BCUT2D eigenvalue weighted by molar-refractivity contribution is -0.118. The predicted molar refractivity (Wildman–Crippen MR) is 67.3 cm³/mol. The second kappa shape index (κ2) is 5.20. The van der Waals surface area contributed by atoms with Crippen molar-refractivity contribution in [3.8, 4) is 0 Å². The minimum Gasteiger partial charge on any atom is -0.399 e. The maximum Gasteiger partial charge on any atom is 0.265 e. The average Bonchev–Trinajstić information content (AvgIpc) is 2.18. The van der Waals surface area contributed by atoms with Crippen LogP contribution in [-0.2, 0) is 4.79 Å². The fourth-order valence-electron chi connectivity index (χ4n) is 1.72. The molecule has 0 unspecified atom stereocenters. The van der Waals surface area contributed by atoms with Gasteiger partial charge < -0.3 is 16.8 Å². The zero-order valence-corrected chi connectivity index (χ0v) is 10.3. The third-order valence-corrected chi connectivity index (χ3v) is 2.40. The summed E-state index contributed by atoms with van der Waals surface area (Å²) in [6.07, 6.45) is -2.60. The molecule has 0 saturated carbocycles. The van der Waals surface area contributed by atoms with Gasteiger partial charge in [0.2, 0.25) is 5.91 Å². The molecule has 0 aliphatic rings. The van der Waals surface area contributed by atoms with Crippen LogP contribution in [0.4, 0.5) is 20.2 Å². The predicted octanol–water partition coefficient (Wildman–Crippen LogP) is 2.27. The molecule has 1 amide bonds. The Morgan fingerprint density at radius 3 is 2.56 bits per heavy atom. The molecule has 0 radical (unpaired) electrons. The van der Waals surface area contributed by atoms with Crippen LogP contribution in [-0.4, -0.2) is 11.4 Å². The summed E-state index contributed by atoms with van der Waals surface area (Å²) in [5.74, 6) is -0.499. The van der Waals surface area contributed by atoms with Crippen molar-refractivity contribution in [2.45, 2.75) is 32.2 Å². The van der Waals surface area contributed by atoms with Gasteiger partial charge in [0.1, 0.15) is 0 Å². The molecule has 0 heterocycles. The smallest absolute Gasteiger partial charge is 0.265 e. The number of nitrogens with one attached hydrogen (secondary N) is 1. The van der Waals surface area contributed by atoms with Crippen LogP contribution in [0.2, 0.25) is 0 Å². The Morgan fingerprint density at radius 1 is 1.44 bits per heavy atom. The van der Waals surface area contributed by atoms with Crippen LogP contribution in [0.3, 0.4) is 0 Å². The average molecular weight is 257 g/mol. The molecule has 1 aromatic rings. The van der Waals surface area contributed by atoms with Gasteiger partial charge in [-0.2, -0.15) is 0 Å². The van der Waals surface area contributed by atoms with E-state index in [0.717, 1.165) is 0 Å². The maximum atomic E-state index is 12.9. The van der Waals surface area contributed by atoms with Crippen LogP contribution in [0.5, 0.6) is 0 Å². The van der Waals surface area contributed by atoms with E-state index in [1.54, 1.807) is 13.8 Å². The molecule has 0 aliphatic heterocycles. The number of anilines is 2. The number of hydrogen-bond acceptors (Lipinski definition) is 3. The van der Waals surface area contributed by atoms with Gasteiger partial charge in [-0.25, -0.2) is 8.78 Å². The highest BCUT2D eigenvalue weighted by molar-refractivity contribution is 5.76. The Bertz CT molecular complexity index is 447.